The number of rotatable bonds is 8. The minimum absolute atomic E-state index is 0.151. The Bertz CT molecular complexity index is 846. The first-order valence-corrected chi connectivity index (χ1v) is 10.4. The van der Waals surface area contributed by atoms with E-state index in [-0.39, 0.29) is 5.78 Å². The van der Waals surface area contributed by atoms with E-state index in [1.807, 2.05) is 36.6 Å². The predicted molar refractivity (Wildman–Crippen MR) is 102 cm³/mol. The molecule has 25 heavy (non-hydrogen) atoms. The largest absolute Gasteiger partial charge is 0.416 e. The van der Waals surface area contributed by atoms with Crippen LogP contribution in [0.2, 0.25) is 0 Å². The number of nitrogens with zero attached hydrogens (tertiary/aromatic N) is 3. The molecule has 0 radical (unpaired) electrons. The van der Waals surface area contributed by atoms with E-state index in [2.05, 4.69) is 31.1 Å². The molecule has 0 unspecified atom stereocenters. The quantitative estimate of drug-likeness (QED) is 0.282. The predicted octanol–water partition coefficient (Wildman–Crippen LogP) is 4.94. The van der Waals surface area contributed by atoms with Crippen molar-refractivity contribution < 1.29 is 9.21 Å². The molecular formula is C17H16BrN3O2S2. The molecule has 0 fully saturated rings. The number of hydrogen-bond donors (Lipinski definition) is 0. The normalized spacial score (nSPS) is 11.0. The molecule has 5 nitrogen and oxygen atoms in total. The zero-order valence-electron chi connectivity index (χ0n) is 13.6. The third kappa shape index (κ3) is 5.49. The second kappa shape index (κ2) is 8.73. The molecule has 0 saturated carbocycles. The second-order valence-corrected chi connectivity index (χ2v) is 8.40. The van der Waals surface area contributed by atoms with Gasteiger partial charge in [0.15, 0.2) is 5.78 Å². The van der Waals surface area contributed by atoms with Crippen LogP contribution in [0.3, 0.4) is 0 Å². The first-order chi connectivity index (χ1) is 12.1. The summed E-state index contributed by atoms with van der Waals surface area (Å²) in [6, 6.07) is 7.44. The van der Waals surface area contributed by atoms with Crippen molar-refractivity contribution in [3.63, 3.8) is 0 Å². The third-order valence-corrected chi connectivity index (χ3v) is 5.64. The van der Waals surface area contributed by atoms with E-state index >= 15 is 0 Å². The standard InChI is InChI=1S/C17H16BrN3O2S2/c1-11-19-14(10-25-11)9-16-20-21-17(23-16)24-8-2-3-15(22)12-4-6-13(18)7-5-12/h4-7,10H,2-3,8-9H2,1H3. The highest BCUT2D eigenvalue weighted by atomic mass is 79.9. The van der Waals surface area contributed by atoms with Crippen LogP contribution in [0.4, 0.5) is 0 Å². The van der Waals surface area contributed by atoms with Gasteiger partial charge < -0.3 is 4.42 Å². The van der Waals surface area contributed by atoms with Crippen LogP contribution in [-0.2, 0) is 6.42 Å². The van der Waals surface area contributed by atoms with Gasteiger partial charge in [0.05, 0.1) is 17.1 Å². The van der Waals surface area contributed by atoms with E-state index in [0.717, 1.165) is 32.9 Å². The summed E-state index contributed by atoms with van der Waals surface area (Å²) < 4.78 is 6.59. The molecule has 0 aliphatic heterocycles. The van der Waals surface area contributed by atoms with Crippen LogP contribution in [0.25, 0.3) is 0 Å². The topological polar surface area (TPSA) is 68.9 Å². The molecular weight excluding hydrogens is 422 g/mol. The van der Waals surface area contributed by atoms with Gasteiger partial charge in [-0.3, -0.25) is 4.79 Å². The fraction of sp³-hybridized carbons (Fsp3) is 0.294. The van der Waals surface area contributed by atoms with Crippen LogP contribution in [0.1, 0.15) is 39.8 Å². The number of aryl methyl sites for hydroxylation is 1. The van der Waals surface area contributed by atoms with Crippen molar-refractivity contribution in [3.05, 3.63) is 56.3 Å². The molecule has 1 aromatic carbocycles. The highest BCUT2D eigenvalue weighted by Gasteiger charge is 2.10. The molecule has 3 rings (SSSR count). The lowest BCUT2D eigenvalue weighted by molar-refractivity contribution is 0.0982. The molecule has 2 aromatic heterocycles. The number of benzene rings is 1. The molecule has 0 atom stereocenters. The summed E-state index contributed by atoms with van der Waals surface area (Å²) in [4.78, 5) is 16.5. The second-order valence-electron chi connectivity index (χ2n) is 5.38. The van der Waals surface area contributed by atoms with Crippen LogP contribution >= 0.6 is 39.0 Å². The Morgan fingerprint density at radius 3 is 2.80 bits per heavy atom. The number of Topliss-reactive ketones (excluding diaryl/α,β-unsaturated/α-hetero) is 1. The minimum Gasteiger partial charge on any atom is -0.416 e. The molecule has 3 aromatic rings. The van der Waals surface area contributed by atoms with Gasteiger partial charge in [0.25, 0.3) is 5.22 Å². The van der Waals surface area contributed by atoms with Crippen LogP contribution in [0.15, 0.2) is 43.8 Å². The van der Waals surface area contributed by atoms with Crippen molar-refractivity contribution in [2.75, 3.05) is 5.75 Å². The molecule has 2 heterocycles. The number of carbonyl (C=O) groups is 1. The number of aromatic nitrogens is 3. The average molecular weight is 438 g/mol. The maximum Gasteiger partial charge on any atom is 0.276 e. The SMILES string of the molecule is Cc1nc(Cc2nnc(SCCCC(=O)c3ccc(Br)cc3)o2)cs1. The highest BCUT2D eigenvalue weighted by Crippen LogP contribution is 2.20. The Morgan fingerprint density at radius 1 is 1.28 bits per heavy atom. The third-order valence-electron chi connectivity index (χ3n) is 3.39. The van der Waals surface area contributed by atoms with Gasteiger partial charge >= 0.3 is 0 Å². The zero-order valence-corrected chi connectivity index (χ0v) is 16.8. The monoisotopic (exact) mass is 437 g/mol. The van der Waals surface area contributed by atoms with E-state index in [1.165, 1.54) is 11.8 Å². The Labute approximate surface area is 162 Å². The molecule has 0 aliphatic carbocycles. The van der Waals surface area contributed by atoms with Crippen molar-refractivity contribution in [1.29, 1.82) is 0 Å². The molecule has 0 saturated heterocycles. The summed E-state index contributed by atoms with van der Waals surface area (Å²) in [6.45, 7) is 1.97. The van der Waals surface area contributed by atoms with Crippen LogP contribution < -0.4 is 0 Å². The van der Waals surface area contributed by atoms with E-state index in [9.17, 15) is 4.79 Å². The van der Waals surface area contributed by atoms with Crippen molar-refractivity contribution in [2.45, 2.75) is 31.4 Å². The van der Waals surface area contributed by atoms with E-state index in [1.54, 1.807) is 11.3 Å². The van der Waals surface area contributed by atoms with Gasteiger partial charge in [0.1, 0.15) is 0 Å². The molecule has 0 spiro atoms. The summed E-state index contributed by atoms with van der Waals surface area (Å²) >= 11 is 6.45. The molecule has 0 amide bonds. The number of ketones is 1. The maximum atomic E-state index is 12.1. The first kappa shape index (κ1) is 18.3. The smallest absolute Gasteiger partial charge is 0.276 e. The molecule has 8 heteroatoms. The summed E-state index contributed by atoms with van der Waals surface area (Å²) in [5, 5.41) is 11.6. The average Bonchev–Trinajstić information content (AvgIpc) is 3.21. The molecule has 0 bridgehead atoms. The lowest BCUT2D eigenvalue weighted by Crippen LogP contribution is -1.99. The van der Waals surface area contributed by atoms with Crippen molar-refractivity contribution in [1.82, 2.24) is 15.2 Å². The van der Waals surface area contributed by atoms with Crippen molar-refractivity contribution >= 4 is 44.8 Å². The molecule has 0 N–H and O–H groups in total. The lowest BCUT2D eigenvalue weighted by Gasteiger charge is -2.00. The van der Waals surface area contributed by atoms with Gasteiger partial charge in [-0.1, -0.05) is 39.8 Å². The number of thiazole rings is 1. The lowest BCUT2D eigenvalue weighted by atomic mass is 10.1. The Morgan fingerprint density at radius 2 is 2.08 bits per heavy atom. The van der Waals surface area contributed by atoms with Gasteiger partial charge in [-0.05, 0) is 25.5 Å². The van der Waals surface area contributed by atoms with E-state index in [4.69, 9.17) is 4.42 Å². The van der Waals surface area contributed by atoms with Gasteiger partial charge in [0, 0.05) is 27.6 Å². The van der Waals surface area contributed by atoms with E-state index < -0.39 is 0 Å². The fourth-order valence-electron chi connectivity index (χ4n) is 2.18. The molecule has 130 valence electrons. The van der Waals surface area contributed by atoms with Crippen LogP contribution in [-0.4, -0.2) is 26.7 Å². The van der Waals surface area contributed by atoms with Crippen LogP contribution in [0, 0.1) is 6.92 Å². The highest BCUT2D eigenvalue weighted by molar-refractivity contribution is 9.10. The molecule has 0 aliphatic rings. The van der Waals surface area contributed by atoms with Gasteiger partial charge in [0.2, 0.25) is 5.89 Å². The Kier molecular flexibility index (Phi) is 6.39. The van der Waals surface area contributed by atoms with Gasteiger partial charge in [-0.2, -0.15) is 0 Å². The van der Waals surface area contributed by atoms with Gasteiger partial charge in [-0.15, -0.1) is 21.5 Å². The summed E-state index contributed by atoms with van der Waals surface area (Å²) in [5.41, 5.74) is 1.69. The van der Waals surface area contributed by atoms with Crippen LogP contribution in [0.5, 0.6) is 0 Å². The minimum atomic E-state index is 0.151. The summed E-state index contributed by atoms with van der Waals surface area (Å²) in [7, 11) is 0. The number of hydrogen-bond acceptors (Lipinski definition) is 7. The maximum absolute atomic E-state index is 12.1. The van der Waals surface area contributed by atoms with Crippen molar-refractivity contribution in [2.24, 2.45) is 0 Å². The number of thioether (sulfide) groups is 1. The summed E-state index contributed by atoms with van der Waals surface area (Å²) in [6.07, 6.45) is 1.83. The fourth-order valence-corrected chi connectivity index (χ4v) is 3.78. The van der Waals surface area contributed by atoms with Crippen molar-refractivity contribution in [3.8, 4) is 0 Å². The number of halogens is 1. The first-order valence-electron chi connectivity index (χ1n) is 7.75. The zero-order chi connectivity index (χ0) is 17.6. The number of carbonyl (C=O) groups excluding carboxylic acids is 1. The summed E-state index contributed by atoms with van der Waals surface area (Å²) in [5.74, 6) is 1.48. The Balaban J connectivity index is 1.42. The van der Waals surface area contributed by atoms with E-state index in [0.29, 0.717) is 24.0 Å². The Hall–Kier alpha value is -1.51. The van der Waals surface area contributed by atoms with Gasteiger partial charge in [-0.25, -0.2) is 4.98 Å².